The fourth-order valence-electron chi connectivity index (χ4n) is 3.89. The number of benzene rings is 1. The molecule has 1 N–H and O–H groups in total. The van der Waals surface area contributed by atoms with Gasteiger partial charge in [-0.05, 0) is 36.0 Å². The summed E-state index contributed by atoms with van der Waals surface area (Å²) in [7, 11) is 0. The predicted molar refractivity (Wildman–Crippen MR) is 94.9 cm³/mol. The fraction of sp³-hybridized carbons (Fsp3) is 0.500. The molecular weight excluding hydrogens is 300 g/mol. The SMILES string of the molecule is CC(=O)N1C=Cc2ccccc2C1CC(=O)NC1CCCCC1C. The van der Waals surface area contributed by atoms with Crippen molar-refractivity contribution in [3.05, 3.63) is 41.6 Å². The Balaban J connectivity index is 1.74. The van der Waals surface area contributed by atoms with E-state index in [1.165, 1.54) is 19.3 Å². The number of fused-ring (bicyclic) bond motifs is 1. The minimum absolute atomic E-state index is 0.0371. The van der Waals surface area contributed by atoms with Crippen LogP contribution < -0.4 is 5.32 Å². The molecule has 1 heterocycles. The molecule has 2 amide bonds. The number of rotatable bonds is 3. The Hall–Kier alpha value is -2.10. The lowest BCUT2D eigenvalue weighted by Gasteiger charge is -2.34. The summed E-state index contributed by atoms with van der Waals surface area (Å²) in [5, 5.41) is 3.21. The minimum atomic E-state index is -0.220. The standard InChI is InChI=1S/C20H26N2O2/c1-14-7-3-6-10-18(14)21-20(24)13-19-17-9-5-4-8-16(17)11-12-22(19)15(2)23/h4-5,8-9,11-12,14,18-19H,3,6-7,10,13H2,1-2H3,(H,21,24). The molecule has 24 heavy (non-hydrogen) atoms. The first-order valence-electron chi connectivity index (χ1n) is 8.91. The molecule has 0 aromatic heterocycles. The van der Waals surface area contributed by atoms with E-state index in [2.05, 4.69) is 12.2 Å². The summed E-state index contributed by atoms with van der Waals surface area (Å²) in [4.78, 5) is 26.3. The minimum Gasteiger partial charge on any atom is -0.353 e. The summed E-state index contributed by atoms with van der Waals surface area (Å²) < 4.78 is 0. The zero-order chi connectivity index (χ0) is 17.1. The van der Waals surface area contributed by atoms with Gasteiger partial charge in [0.25, 0.3) is 0 Å². The highest BCUT2D eigenvalue weighted by Crippen LogP contribution is 2.33. The Kier molecular flexibility index (Phi) is 5.03. The number of nitrogens with one attached hydrogen (secondary N) is 1. The summed E-state index contributed by atoms with van der Waals surface area (Å²) in [5.74, 6) is 0.532. The van der Waals surface area contributed by atoms with E-state index < -0.39 is 0 Å². The summed E-state index contributed by atoms with van der Waals surface area (Å²) in [6.07, 6.45) is 8.73. The molecule has 1 saturated carbocycles. The Morgan fingerprint density at radius 1 is 1.21 bits per heavy atom. The van der Waals surface area contributed by atoms with Crippen molar-refractivity contribution in [2.45, 2.75) is 58.0 Å². The van der Waals surface area contributed by atoms with Gasteiger partial charge in [0.1, 0.15) is 0 Å². The van der Waals surface area contributed by atoms with E-state index in [1.54, 1.807) is 18.0 Å². The predicted octanol–water partition coefficient (Wildman–Crippen LogP) is 3.65. The van der Waals surface area contributed by atoms with Gasteiger partial charge in [0, 0.05) is 19.2 Å². The molecular formula is C20H26N2O2. The van der Waals surface area contributed by atoms with E-state index in [-0.39, 0.29) is 23.9 Å². The van der Waals surface area contributed by atoms with Crippen molar-refractivity contribution in [3.63, 3.8) is 0 Å². The van der Waals surface area contributed by atoms with Crippen LogP contribution in [0.25, 0.3) is 6.08 Å². The molecule has 0 radical (unpaired) electrons. The molecule has 3 unspecified atom stereocenters. The first kappa shape index (κ1) is 16.7. The van der Waals surface area contributed by atoms with Gasteiger partial charge in [0.05, 0.1) is 12.5 Å². The lowest BCUT2D eigenvalue weighted by molar-refractivity contribution is -0.130. The van der Waals surface area contributed by atoms with Crippen LogP contribution in [-0.2, 0) is 9.59 Å². The number of hydrogen-bond donors (Lipinski definition) is 1. The summed E-state index contributed by atoms with van der Waals surface area (Å²) in [5.41, 5.74) is 2.13. The third-order valence-electron chi connectivity index (χ3n) is 5.31. The van der Waals surface area contributed by atoms with E-state index in [4.69, 9.17) is 0 Å². The molecule has 2 aliphatic rings. The average Bonchev–Trinajstić information content (AvgIpc) is 2.57. The monoisotopic (exact) mass is 326 g/mol. The van der Waals surface area contributed by atoms with E-state index in [0.29, 0.717) is 12.3 Å². The van der Waals surface area contributed by atoms with Gasteiger partial charge in [-0.15, -0.1) is 0 Å². The molecule has 1 aliphatic heterocycles. The van der Waals surface area contributed by atoms with Crippen LogP contribution in [0.2, 0.25) is 0 Å². The zero-order valence-electron chi connectivity index (χ0n) is 14.5. The van der Waals surface area contributed by atoms with Crippen LogP contribution in [0.1, 0.15) is 63.1 Å². The van der Waals surface area contributed by atoms with Gasteiger partial charge in [-0.25, -0.2) is 0 Å². The molecule has 1 fully saturated rings. The zero-order valence-corrected chi connectivity index (χ0v) is 14.5. The highest BCUT2D eigenvalue weighted by molar-refractivity contribution is 5.82. The van der Waals surface area contributed by atoms with Crippen molar-refractivity contribution in [2.24, 2.45) is 5.92 Å². The van der Waals surface area contributed by atoms with Gasteiger partial charge in [-0.3, -0.25) is 9.59 Å². The number of hydrogen-bond acceptors (Lipinski definition) is 2. The topological polar surface area (TPSA) is 49.4 Å². The maximum absolute atomic E-state index is 12.6. The Labute approximate surface area is 143 Å². The van der Waals surface area contributed by atoms with Crippen molar-refractivity contribution in [1.29, 1.82) is 0 Å². The highest BCUT2D eigenvalue weighted by atomic mass is 16.2. The molecule has 1 aliphatic carbocycles. The molecule has 0 bridgehead atoms. The van der Waals surface area contributed by atoms with Crippen molar-refractivity contribution >= 4 is 17.9 Å². The summed E-state index contributed by atoms with van der Waals surface area (Å²) >= 11 is 0. The highest BCUT2D eigenvalue weighted by Gasteiger charge is 2.30. The second-order valence-corrected chi connectivity index (χ2v) is 7.03. The lowest BCUT2D eigenvalue weighted by atomic mass is 9.85. The van der Waals surface area contributed by atoms with Crippen LogP contribution in [0.4, 0.5) is 0 Å². The van der Waals surface area contributed by atoms with E-state index >= 15 is 0 Å². The van der Waals surface area contributed by atoms with Gasteiger partial charge in [-0.1, -0.05) is 44.0 Å². The Morgan fingerprint density at radius 3 is 2.71 bits per heavy atom. The second kappa shape index (κ2) is 7.20. The molecule has 1 aromatic carbocycles. The normalized spacial score (nSPS) is 25.9. The van der Waals surface area contributed by atoms with Crippen LogP contribution in [0.3, 0.4) is 0 Å². The van der Waals surface area contributed by atoms with Crippen LogP contribution in [0.15, 0.2) is 30.5 Å². The van der Waals surface area contributed by atoms with Crippen LogP contribution in [0.5, 0.6) is 0 Å². The molecule has 4 heteroatoms. The largest absolute Gasteiger partial charge is 0.353 e. The van der Waals surface area contributed by atoms with Crippen LogP contribution in [0, 0.1) is 5.92 Å². The molecule has 3 rings (SSSR count). The summed E-state index contributed by atoms with van der Waals surface area (Å²) in [6.45, 7) is 3.76. The summed E-state index contributed by atoms with van der Waals surface area (Å²) in [6, 6.07) is 8.03. The van der Waals surface area contributed by atoms with E-state index in [1.807, 2.05) is 30.3 Å². The van der Waals surface area contributed by atoms with E-state index in [9.17, 15) is 9.59 Å². The maximum atomic E-state index is 12.6. The third kappa shape index (κ3) is 3.53. The number of amides is 2. The van der Waals surface area contributed by atoms with E-state index in [0.717, 1.165) is 17.5 Å². The number of carbonyl (C=O) groups is 2. The Morgan fingerprint density at radius 2 is 1.96 bits per heavy atom. The smallest absolute Gasteiger partial charge is 0.223 e. The fourth-order valence-corrected chi connectivity index (χ4v) is 3.89. The number of nitrogens with zero attached hydrogens (tertiary/aromatic N) is 1. The van der Waals surface area contributed by atoms with Gasteiger partial charge in [-0.2, -0.15) is 0 Å². The molecule has 4 nitrogen and oxygen atoms in total. The first-order valence-corrected chi connectivity index (χ1v) is 8.91. The number of carbonyl (C=O) groups excluding carboxylic acids is 2. The quantitative estimate of drug-likeness (QED) is 0.922. The van der Waals surface area contributed by atoms with Crippen molar-refractivity contribution in [2.75, 3.05) is 0 Å². The lowest BCUT2D eigenvalue weighted by Crippen LogP contribution is -2.43. The molecule has 1 aromatic rings. The van der Waals surface area contributed by atoms with Gasteiger partial charge < -0.3 is 10.2 Å². The second-order valence-electron chi connectivity index (χ2n) is 7.03. The van der Waals surface area contributed by atoms with Crippen LogP contribution in [-0.4, -0.2) is 22.8 Å². The molecule has 128 valence electrons. The average molecular weight is 326 g/mol. The van der Waals surface area contributed by atoms with Gasteiger partial charge in [0.2, 0.25) is 11.8 Å². The third-order valence-corrected chi connectivity index (χ3v) is 5.31. The molecule has 3 atom stereocenters. The van der Waals surface area contributed by atoms with Crippen molar-refractivity contribution in [3.8, 4) is 0 Å². The van der Waals surface area contributed by atoms with Gasteiger partial charge >= 0.3 is 0 Å². The maximum Gasteiger partial charge on any atom is 0.223 e. The molecule has 0 spiro atoms. The van der Waals surface area contributed by atoms with Crippen molar-refractivity contribution < 1.29 is 9.59 Å². The van der Waals surface area contributed by atoms with Crippen LogP contribution >= 0.6 is 0 Å². The van der Waals surface area contributed by atoms with Gasteiger partial charge in [0.15, 0.2) is 0 Å². The first-order chi connectivity index (χ1) is 11.6. The Bertz CT molecular complexity index is 653. The van der Waals surface area contributed by atoms with Crippen molar-refractivity contribution in [1.82, 2.24) is 10.2 Å². The molecule has 0 saturated heterocycles.